The number of halogens is 1. The van der Waals surface area contributed by atoms with Crippen molar-refractivity contribution in [3.63, 3.8) is 0 Å². The van der Waals surface area contributed by atoms with Crippen LogP contribution in [0.2, 0.25) is 0 Å². The van der Waals surface area contributed by atoms with E-state index in [2.05, 4.69) is 23.4 Å². The standard InChI is InChI=1S/C12H19ClN2/c1-3-9-6-5-7-11-10(8-13)14-12(4-2)15(9)11/h9H,3-8H2,1-2H3. The quantitative estimate of drug-likeness (QED) is 0.722. The highest BCUT2D eigenvalue weighted by atomic mass is 35.5. The van der Waals surface area contributed by atoms with Crippen LogP contribution in [-0.4, -0.2) is 9.55 Å². The van der Waals surface area contributed by atoms with Crippen LogP contribution < -0.4 is 0 Å². The molecule has 1 atom stereocenters. The SMILES string of the molecule is CCc1nc(CCl)c2n1C(CC)CCC2. The number of hydrogen-bond acceptors (Lipinski definition) is 1. The van der Waals surface area contributed by atoms with Crippen molar-refractivity contribution in [3.8, 4) is 0 Å². The van der Waals surface area contributed by atoms with Crippen molar-refractivity contribution in [3.05, 3.63) is 17.2 Å². The number of rotatable bonds is 3. The van der Waals surface area contributed by atoms with Gasteiger partial charge in [0.25, 0.3) is 0 Å². The highest BCUT2D eigenvalue weighted by Gasteiger charge is 2.24. The van der Waals surface area contributed by atoms with Gasteiger partial charge in [0.05, 0.1) is 11.6 Å². The van der Waals surface area contributed by atoms with Gasteiger partial charge in [-0.2, -0.15) is 0 Å². The molecule has 0 fully saturated rings. The highest BCUT2D eigenvalue weighted by Crippen LogP contribution is 2.31. The Hall–Kier alpha value is -0.500. The fourth-order valence-electron chi connectivity index (χ4n) is 2.64. The minimum Gasteiger partial charge on any atom is -0.329 e. The summed E-state index contributed by atoms with van der Waals surface area (Å²) in [7, 11) is 0. The van der Waals surface area contributed by atoms with Gasteiger partial charge in [-0.3, -0.25) is 0 Å². The lowest BCUT2D eigenvalue weighted by atomic mass is 9.99. The number of imidazole rings is 1. The molecule has 0 saturated heterocycles. The van der Waals surface area contributed by atoms with Crippen molar-refractivity contribution >= 4 is 11.6 Å². The maximum absolute atomic E-state index is 5.95. The van der Waals surface area contributed by atoms with E-state index in [-0.39, 0.29) is 0 Å². The Labute approximate surface area is 96.7 Å². The molecule has 0 radical (unpaired) electrons. The summed E-state index contributed by atoms with van der Waals surface area (Å²) in [6.45, 7) is 4.44. The van der Waals surface area contributed by atoms with E-state index in [9.17, 15) is 0 Å². The molecule has 0 N–H and O–H groups in total. The number of hydrogen-bond donors (Lipinski definition) is 0. The topological polar surface area (TPSA) is 17.8 Å². The van der Waals surface area contributed by atoms with E-state index in [4.69, 9.17) is 11.6 Å². The Balaban J connectivity index is 2.47. The predicted molar refractivity (Wildman–Crippen MR) is 63.4 cm³/mol. The molecule has 1 aromatic rings. The van der Waals surface area contributed by atoms with E-state index < -0.39 is 0 Å². The molecule has 2 rings (SSSR count). The fourth-order valence-corrected chi connectivity index (χ4v) is 2.86. The molecule has 1 aromatic heterocycles. The maximum atomic E-state index is 5.95. The van der Waals surface area contributed by atoms with Crippen LogP contribution in [0.4, 0.5) is 0 Å². The lowest BCUT2D eigenvalue weighted by Gasteiger charge is -2.26. The number of aromatic nitrogens is 2. The van der Waals surface area contributed by atoms with Gasteiger partial charge in [0.2, 0.25) is 0 Å². The van der Waals surface area contributed by atoms with Crippen LogP contribution in [0.25, 0.3) is 0 Å². The Bertz CT molecular complexity index is 344. The Morgan fingerprint density at radius 1 is 1.47 bits per heavy atom. The summed E-state index contributed by atoms with van der Waals surface area (Å²) >= 11 is 5.95. The molecule has 1 aliphatic heterocycles. The first-order chi connectivity index (χ1) is 7.31. The molecular formula is C12H19ClN2. The van der Waals surface area contributed by atoms with Gasteiger partial charge < -0.3 is 4.57 Å². The zero-order valence-corrected chi connectivity index (χ0v) is 10.3. The third kappa shape index (κ3) is 1.80. The van der Waals surface area contributed by atoms with Crippen molar-refractivity contribution in [2.75, 3.05) is 0 Å². The van der Waals surface area contributed by atoms with E-state index in [1.807, 2.05) is 0 Å². The third-order valence-corrected chi connectivity index (χ3v) is 3.65. The molecular weight excluding hydrogens is 208 g/mol. The smallest absolute Gasteiger partial charge is 0.109 e. The first-order valence-corrected chi connectivity index (χ1v) is 6.50. The highest BCUT2D eigenvalue weighted by molar-refractivity contribution is 6.17. The van der Waals surface area contributed by atoms with E-state index in [0.29, 0.717) is 11.9 Å². The average molecular weight is 227 g/mol. The van der Waals surface area contributed by atoms with Crippen molar-refractivity contribution in [2.45, 2.75) is 57.9 Å². The van der Waals surface area contributed by atoms with Crippen molar-refractivity contribution in [1.82, 2.24) is 9.55 Å². The van der Waals surface area contributed by atoms with Crippen molar-refractivity contribution < 1.29 is 0 Å². The molecule has 0 aliphatic carbocycles. The molecule has 0 saturated carbocycles. The molecule has 3 heteroatoms. The van der Waals surface area contributed by atoms with Crippen molar-refractivity contribution in [1.29, 1.82) is 0 Å². The summed E-state index contributed by atoms with van der Waals surface area (Å²) in [5, 5.41) is 0. The average Bonchev–Trinajstić information content (AvgIpc) is 2.66. The summed E-state index contributed by atoms with van der Waals surface area (Å²) < 4.78 is 2.46. The van der Waals surface area contributed by atoms with Gasteiger partial charge in [-0.15, -0.1) is 11.6 Å². The summed E-state index contributed by atoms with van der Waals surface area (Å²) in [5.74, 6) is 1.79. The number of nitrogens with zero attached hydrogens (tertiary/aromatic N) is 2. The molecule has 0 spiro atoms. The molecule has 84 valence electrons. The summed E-state index contributed by atoms with van der Waals surface area (Å²) in [6.07, 6.45) is 5.97. The zero-order valence-electron chi connectivity index (χ0n) is 9.59. The van der Waals surface area contributed by atoms with E-state index in [1.165, 1.54) is 30.8 Å². The molecule has 1 aliphatic rings. The minimum absolute atomic E-state index is 0.561. The zero-order chi connectivity index (χ0) is 10.8. The summed E-state index contributed by atoms with van der Waals surface area (Å²) in [5.41, 5.74) is 2.52. The lowest BCUT2D eigenvalue weighted by Crippen LogP contribution is -2.19. The van der Waals surface area contributed by atoms with Gasteiger partial charge in [-0.1, -0.05) is 13.8 Å². The minimum atomic E-state index is 0.561. The molecule has 2 nitrogen and oxygen atoms in total. The largest absolute Gasteiger partial charge is 0.329 e. The van der Waals surface area contributed by atoms with Crippen LogP contribution >= 0.6 is 11.6 Å². The van der Waals surface area contributed by atoms with Crippen molar-refractivity contribution in [2.24, 2.45) is 0 Å². The van der Waals surface area contributed by atoms with Gasteiger partial charge in [-0.05, 0) is 25.7 Å². The first-order valence-electron chi connectivity index (χ1n) is 5.96. The Morgan fingerprint density at radius 2 is 2.27 bits per heavy atom. The van der Waals surface area contributed by atoms with Crippen LogP contribution in [0.5, 0.6) is 0 Å². The second-order valence-corrected chi connectivity index (χ2v) is 4.50. The molecule has 0 amide bonds. The molecule has 15 heavy (non-hydrogen) atoms. The van der Waals surface area contributed by atoms with Gasteiger partial charge in [0.1, 0.15) is 5.82 Å². The lowest BCUT2D eigenvalue weighted by molar-refractivity contribution is 0.380. The van der Waals surface area contributed by atoms with E-state index in [0.717, 1.165) is 18.5 Å². The first kappa shape index (κ1) is 11.0. The van der Waals surface area contributed by atoms with Gasteiger partial charge in [0, 0.05) is 18.2 Å². The molecule has 2 heterocycles. The van der Waals surface area contributed by atoms with Gasteiger partial charge in [-0.25, -0.2) is 4.98 Å². The number of fused-ring (bicyclic) bond motifs is 1. The van der Waals surface area contributed by atoms with Gasteiger partial charge >= 0.3 is 0 Å². The third-order valence-electron chi connectivity index (χ3n) is 3.40. The Morgan fingerprint density at radius 3 is 2.87 bits per heavy atom. The van der Waals surface area contributed by atoms with Crippen LogP contribution in [0.3, 0.4) is 0 Å². The van der Waals surface area contributed by atoms with Crippen LogP contribution in [0, 0.1) is 0 Å². The Kier molecular flexibility index (Phi) is 3.35. The number of aryl methyl sites for hydroxylation is 1. The van der Waals surface area contributed by atoms with Crippen LogP contribution in [-0.2, 0) is 18.7 Å². The summed E-state index contributed by atoms with van der Waals surface area (Å²) in [6, 6.07) is 0.660. The number of alkyl halides is 1. The maximum Gasteiger partial charge on any atom is 0.109 e. The van der Waals surface area contributed by atoms with Crippen LogP contribution in [0.15, 0.2) is 0 Å². The molecule has 1 unspecified atom stereocenters. The fraction of sp³-hybridized carbons (Fsp3) is 0.750. The second kappa shape index (κ2) is 4.56. The monoisotopic (exact) mass is 226 g/mol. The second-order valence-electron chi connectivity index (χ2n) is 4.23. The van der Waals surface area contributed by atoms with E-state index in [1.54, 1.807) is 0 Å². The normalized spacial score (nSPS) is 20.3. The van der Waals surface area contributed by atoms with Gasteiger partial charge in [0.15, 0.2) is 0 Å². The molecule has 0 bridgehead atoms. The molecule has 0 aromatic carbocycles. The summed E-state index contributed by atoms with van der Waals surface area (Å²) in [4.78, 5) is 4.66. The van der Waals surface area contributed by atoms with Crippen LogP contribution in [0.1, 0.15) is 56.4 Å². The van der Waals surface area contributed by atoms with E-state index >= 15 is 0 Å². The predicted octanol–water partition coefficient (Wildman–Crippen LogP) is 3.47.